The second-order valence-corrected chi connectivity index (χ2v) is 6.86. The molecule has 2 rings (SSSR count). The maximum atomic E-state index is 12.5. The van der Waals surface area contributed by atoms with E-state index in [0.29, 0.717) is 22.1 Å². The molecule has 1 N–H and O–H groups in total. The molecule has 0 bridgehead atoms. The Morgan fingerprint density at radius 3 is 2.77 bits per heavy atom. The summed E-state index contributed by atoms with van der Waals surface area (Å²) in [6.45, 7) is 6.92. The van der Waals surface area contributed by atoms with E-state index in [0.717, 1.165) is 18.5 Å². The van der Waals surface area contributed by atoms with Crippen LogP contribution in [0.2, 0.25) is 0 Å². The fourth-order valence-corrected chi connectivity index (χ4v) is 2.63. The summed E-state index contributed by atoms with van der Waals surface area (Å²) in [5.74, 6) is -0.508. The van der Waals surface area contributed by atoms with E-state index in [2.05, 4.69) is 32.3 Å². The molecule has 1 aliphatic rings. The van der Waals surface area contributed by atoms with Crippen LogP contribution in [0.1, 0.15) is 48.8 Å². The number of esters is 1. The van der Waals surface area contributed by atoms with Crippen molar-refractivity contribution in [3.05, 3.63) is 33.6 Å². The highest BCUT2D eigenvalue weighted by atomic mass is 79.9. The number of aromatic nitrogens is 1. The lowest BCUT2D eigenvalue weighted by Crippen LogP contribution is -2.26. The molecule has 22 heavy (non-hydrogen) atoms. The number of halogens is 1. The first-order valence-electron chi connectivity index (χ1n) is 7.05. The molecule has 1 aromatic rings. The molecule has 1 aromatic heterocycles. The van der Waals surface area contributed by atoms with Crippen molar-refractivity contribution < 1.29 is 9.53 Å². The second kappa shape index (κ2) is 6.59. The highest BCUT2D eigenvalue weighted by molar-refractivity contribution is 9.10. The second-order valence-electron chi connectivity index (χ2n) is 6.00. The number of carbonyl (C=O) groups excluding carboxylic acids is 1. The number of hydrogen-bond acceptors (Lipinski definition) is 5. The van der Waals surface area contributed by atoms with Crippen molar-refractivity contribution in [1.82, 2.24) is 10.3 Å². The Labute approximate surface area is 138 Å². The molecule has 6 heteroatoms. The van der Waals surface area contributed by atoms with E-state index in [-0.39, 0.29) is 5.69 Å². The first-order chi connectivity index (χ1) is 10.3. The van der Waals surface area contributed by atoms with Crippen molar-refractivity contribution >= 4 is 27.5 Å². The van der Waals surface area contributed by atoms with Gasteiger partial charge in [-0.15, -0.1) is 0 Å². The Balaban J connectivity index is 2.57. The van der Waals surface area contributed by atoms with E-state index in [1.807, 2.05) is 6.08 Å². The Morgan fingerprint density at radius 1 is 1.50 bits per heavy atom. The van der Waals surface area contributed by atoms with Crippen molar-refractivity contribution in [2.45, 2.75) is 32.8 Å². The van der Waals surface area contributed by atoms with Crippen LogP contribution in [0, 0.1) is 11.3 Å². The summed E-state index contributed by atoms with van der Waals surface area (Å²) in [4.78, 5) is 16.7. The quantitative estimate of drug-likeness (QED) is 0.817. The molecular formula is C16H18BrN3O2. The van der Waals surface area contributed by atoms with Gasteiger partial charge in [0.2, 0.25) is 0 Å². The first kappa shape index (κ1) is 16.7. The number of ether oxygens (including phenoxy) is 1. The monoisotopic (exact) mass is 363 g/mol. The van der Waals surface area contributed by atoms with Gasteiger partial charge in [0, 0.05) is 18.3 Å². The number of carbonyl (C=O) groups is 1. The summed E-state index contributed by atoms with van der Waals surface area (Å²) in [5, 5.41) is 12.7. The third-order valence-corrected chi connectivity index (χ3v) is 3.72. The minimum absolute atomic E-state index is 0.197. The van der Waals surface area contributed by atoms with Crippen LogP contribution in [0.4, 0.5) is 0 Å². The number of nitrogens with zero attached hydrogens (tertiary/aromatic N) is 2. The van der Waals surface area contributed by atoms with Crippen LogP contribution in [0.3, 0.4) is 0 Å². The van der Waals surface area contributed by atoms with Crippen LogP contribution in [0.5, 0.6) is 0 Å². The SMILES string of the molecule is CC(C)(C)OC(=O)c1ncc(Br)c(C#N)c1C1=CCNCC1. The third kappa shape index (κ3) is 3.73. The van der Waals surface area contributed by atoms with E-state index in [9.17, 15) is 10.1 Å². The molecule has 0 fully saturated rings. The van der Waals surface area contributed by atoms with Gasteiger partial charge in [-0.05, 0) is 55.2 Å². The summed E-state index contributed by atoms with van der Waals surface area (Å²) >= 11 is 3.34. The smallest absolute Gasteiger partial charge is 0.358 e. The maximum absolute atomic E-state index is 12.5. The zero-order chi connectivity index (χ0) is 16.3. The first-order valence-corrected chi connectivity index (χ1v) is 7.85. The molecule has 0 saturated carbocycles. The van der Waals surface area contributed by atoms with Crippen LogP contribution >= 0.6 is 15.9 Å². The Bertz CT molecular complexity index is 669. The lowest BCUT2D eigenvalue weighted by atomic mass is 9.94. The van der Waals surface area contributed by atoms with Gasteiger partial charge < -0.3 is 10.1 Å². The third-order valence-electron chi connectivity index (χ3n) is 3.12. The molecule has 0 aliphatic carbocycles. The van der Waals surface area contributed by atoms with Crippen LogP contribution in [-0.2, 0) is 4.74 Å². The molecule has 5 nitrogen and oxygen atoms in total. The molecule has 0 radical (unpaired) electrons. The fourth-order valence-electron chi connectivity index (χ4n) is 2.24. The van der Waals surface area contributed by atoms with Crippen LogP contribution in [0.25, 0.3) is 5.57 Å². The average molecular weight is 364 g/mol. The van der Waals surface area contributed by atoms with E-state index in [1.54, 1.807) is 20.8 Å². The van der Waals surface area contributed by atoms with E-state index < -0.39 is 11.6 Å². The molecular weight excluding hydrogens is 346 g/mol. The number of pyridine rings is 1. The summed E-state index contributed by atoms with van der Waals surface area (Å²) in [5.41, 5.74) is 1.53. The van der Waals surface area contributed by atoms with Gasteiger partial charge in [-0.2, -0.15) is 5.26 Å². The van der Waals surface area contributed by atoms with Gasteiger partial charge in [0.25, 0.3) is 0 Å². The number of hydrogen-bond donors (Lipinski definition) is 1. The molecule has 0 aromatic carbocycles. The van der Waals surface area contributed by atoms with Gasteiger partial charge in [-0.3, -0.25) is 0 Å². The lowest BCUT2D eigenvalue weighted by molar-refractivity contribution is 0.00623. The molecule has 1 aliphatic heterocycles. The summed E-state index contributed by atoms with van der Waals surface area (Å²) in [7, 11) is 0. The van der Waals surface area contributed by atoms with Gasteiger partial charge in [-0.1, -0.05) is 6.08 Å². The Morgan fingerprint density at radius 2 is 2.23 bits per heavy atom. The number of nitrogens with one attached hydrogen (secondary N) is 1. The summed E-state index contributed by atoms with van der Waals surface area (Å²) in [6.07, 6.45) is 4.20. The predicted molar refractivity (Wildman–Crippen MR) is 87.3 cm³/mol. The lowest BCUT2D eigenvalue weighted by Gasteiger charge is -2.22. The van der Waals surface area contributed by atoms with Crippen LogP contribution in [-0.4, -0.2) is 29.6 Å². The van der Waals surface area contributed by atoms with Crippen molar-refractivity contribution in [3.63, 3.8) is 0 Å². The van der Waals surface area contributed by atoms with Gasteiger partial charge in [-0.25, -0.2) is 9.78 Å². The van der Waals surface area contributed by atoms with Crippen molar-refractivity contribution in [2.75, 3.05) is 13.1 Å². The normalized spacial score (nSPS) is 15.0. The van der Waals surface area contributed by atoms with Crippen molar-refractivity contribution in [1.29, 1.82) is 5.26 Å². The van der Waals surface area contributed by atoms with Crippen LogP contribution < -0.4 is 5.32 Å². The van der Waals surface area contributed by atoms with Gasteiger partial charge >= 0.3 is 5.97 Å². The summed E-state index contributed by atoms with van der Waals surface area (Å²) in [6, 6.07) is 2.16. The van der Waals surface area contributed by atoms with E-state index >= 15 is 0 Å². The fraction of sp³-hybridized carbons (Fsp3) is 0.438. The summed E-state index contributed by atoms with van der Waals surface area (Å²) < 4.78 is 6.01. The minimum Gasteiger partial charge on any atom is -0.455 e. The molecule has 0 atom stereocenters. The minimum atomic E-state index is -0.613. The zero-order valence-electron chi connectivity index (χ0n) is 12.9. The van der Waals surface area contributed by atoms with E-state index in [1.165, 1.54) is 6.20 Å². The Kier molecular flexibility index (Phi) is 4.99. The molecule has 2 heterocycles. The highest BCUT2D eigenvalue weighted by Gasteiger charge is 2.26. The number of nitriles is 1. The van der Waals surface area contributed by atoms with Gasteiger partial charge in [0.1, 0.15) is 11.7 Å². The van der Waals surface area contributed by atoms with E-state index in [4.69, 9.17) is 4.74 Å². The van der Waals surface area contributed by atoms with Crippen LogP contribution in [0.15, 0.2) is 16.7 Å². The molecule has 0 saturated heterocycles. The standard InChI is InChI=1S/C16H18BrN3O2/c1-16(2,3)22-15(21)14-13(10-4-6-19-7-5-10)11(8-18)12(17)9-20-14/h4,9,19H,5-7H2,1-3H3. The van der Waals surface area contributed by atoms with Gasteiger partial charge in [0.15, 0.2) is 5.69 Å². The van der Waals surface area contributed by atoms with Gasteiger partial charge in [0.05, 0.1) is 10.0 Å². The maximum Gasteiger partial charge on any atom is 0.358 e. The molecule has 116 valence electrons. The van der Waals surface area contributed by atoms with Crippen molar-refractivity contribution in [3.8, 4) is 6.07 Å². The van der Waals surface area contributed by atoms with Crippen molar-refractivity contribution in [2.24, 2.45) is 0 Å². The number of rotatable bonds is 2. The molecule has 0 unspecified atom stereocenters. The molecule has 0 spiro atoms. The molecule has 0 amide bonds. The average Bonchev–Trinajstić information content (AvgIpc) is 2.45. The predicted octanol–water partition coefficient (Wildman–Crippen LogP) is 3.05. The highest BCUT2D eigenvalue weighted by Crippen LogP contribution is 2.31. The largest absolute Gasteiger partial charge is 0.455 e. The topological polar surface area (TPSA) is 75.0 Å². The zero-order valence-corrected chi connectivity index (χ0v) is 14.5. The Hall–Kier alpha value is -1.71.